The van der Waals surface area contributed by atoms with Gasteiger partial charge in [0.2, 0.25) is 5.91 Å². The van der Waals surface area contributed by atoms with Gasteiger partial charge in [-0.3, -0.25) is 4.79 Å². The van der Waals surface area contributed by atoms with Crippen LogP contribution in [0.25, 0.3) is 22.6 Å². The van der Waals surface area contributed by atoms with Crippen LogP contribution in [0.15, 0.2) is 53.4 Å². The van der Waals surface area contributed by atoms with Gasteiger partial charge < -0.3 is 10.3 Å². The zero-order chi connectivity index (χ0) is 18.1. The Balaban J connectivity index is 1.55. The van der Waals surface area contributed by atoms with Crippen LogP contribution >= 0.6 is 22.9 Å². The Labute approximate surface area is 159 Å². The minimum Gasteiger partial charge on any atom is -0.337 e. The van der Waals surface area contributed by atoms with E-state index < -0.39 is 0 Å². The number of hydrogen-bond acceptors (Lipinski definition) is 4. The Bertz CT molecular complexity index is 1060. The van der Waals surface area contributed by atoms with Gasteiger partial charge in [0.1, 0.15) is 5.69 Å². The molecule has 0 aliphatic rings. The van der Waals surface area contributed by atoms with E-state index in [0.29, 0.717) is 10.7 Å². The van der Waals surface area contributed by atoms with Crippen LogP contribution in [0.5, 0.6) is 0 Å². The Morgan fingerprint density at radius 1 is 1.23 bits per heavy atom. The second-order valence-corrected chi connectivity index (χ2v) is 7.11. The summed E-state index contributed by atoms with van der Waals surface area (Å²) in [5.74, 6) is 0.355. The van der Waals surface area contributed by atoms with E-state index >= 15 is 0 Å². The SMILES string of the molecule is C[C@@H](C(=O)Nc1ccc2[nH]c(-c3cscn3)nc2c1)c1ccc(Cl)cc1. The Morgan fingerprint density at radius 2 is 2.04 bits per heavy atom. The molecule has 130 valence electrons. The number of rotatable bonds is 4. The molecule has 0 bridgehead atoms. The van der Waals surface area contributed by atoms with Crippen molar-refractivity contribution in [3.8, 4) is 11.5 Å². The largest absolute Gasteiger partial charge is 0.337 e. The Hall–Kier alpha value is -2.70. The van der Waals surface area contributed by atoms with Crippen molar-refractivity contribution in [2.24, 2.45) is 0 Å². The minimum absolute atomic E-state index is 0.0815. The van der Waals surface area contributed by atoms with Gasteiger partial charge >= 0.3 is 0 Å². The molecule has 2 N–H and O–H groups in total. The summed E-state index contributed by atoms with van der Waals surface area (Å²) in [4.78, 5) is 24.6. The van der Waals surface area contributed by atoms with Crippen LogP contribution in [-0.2, 0) is 4.79 Å². The lowest BCUT2D eigenvalue weighted by Crippen LogP contribution is -2.18. The third kappa shape index (κ3) is 3.34. The fourth-order valence-corrected chi connectivity index (χ4v) is 3.35. The van der Waals surface area contributed by atoms with Gasteiger partial charge in [0, 0.05) is 16.1 Å². The molecule has 0 aliphatic carbocycles. The van der Waals surface area contributed by atoms with Crippen molar-refractivity contribution >= 4 is 45.6 Å². The number of carbonyl (C=O) groups excluding carboxylic acids is 1. The molecule has 1 amide bonds. The topological polar surface area (TPSA) is 70.7 Å². The number of aromatic nitrogens is 3. The molecule has 2 heterocycles. The molecule has 7 heteroatoms. The van der Waals surface area contributed by atoms with E-state index in [2.05, 4.69) is 20.3 Å². The van der Waals surface area contributed by atoms with E-state index in [1.54, 1.807) is 17.6 Å². The van der Waals surface area contributed by atoms with Crippen molar-refractivity contribution in [2.45, 2.75) is 12.8 Å². The zero-order valence-corrected chi connectivity index (χ0v) is 15.4. The number of benzene rings is 2. The first-order valence-corrected chi connectivity index (χ1v) is 9.37. The normalized spacial score (nSPS) is 12.2. The quantitative estimate of drug-likeness (QED) is 0.517. The lowest BCUT2D eigenvalue weighted by atomic mass is 10.0. The smallest absolute Gasteiger partial charge is 0.231 e. The number of aromatic amines is 1. The van der Waals surface area contributed by atoms with Gasteiger partial charge in [-0.1, -0.05) is 23.7 Å². The summed E-state index contributed by atoms with van der Waals surface area (Å²) in [6.45, 7) is 1.87. The average molecular weight is 383 g/mol. The zero-order valence-electron chi connectivity index (χ0n) is 13.9. The summed E-state index contributed by atoms with van der Waals surface area (Å²) < 4.78 is 0. The van der Waals surface area contributed by atoms with E-state index in [-0.39, 0.29) is 11.8 Å². The number of imidazole rings is 1. The fraction of sp³-hybridized carbons (Fsp3) is 0.105. The Morgan fingerprint density at radius 3 is 2.77 bits per heavy atom. The van der Waals surface area contributed by atoms with Crippen molar-refractivity contribution < 1.29 is 4.79 Å². The van der Waals surface area contributed by atoms with Crippen molar-refractivity contribution in [2.75, 3.05) is 5.32 Å². The molecule has 0 spiro atoms. The summed E-state index contributed by atoms with van der Waals surface area (Å²) in [5, 5.41) is 5.54. The molecule has 4 rings (SSSR count). The number of anilines is 1. The summed E-state index contributed by atoms with van der Waals surface area (Å²) in [6.07, 6.45) is 0. The number of halogens is 1. The predicted octanol–water partition coefficient (Wildman–Crippen LogP) is 5.08. The molecular formula is C19H15ClN4OS. The number of thiazole rings is 1. The molecule has 0 saturated heterocycles. The first-order chi connectivity index (χ1) is 12.6. The highest BCUT2D eigenvalue weighted by molar-refractivity contribution is 7.07. The van der Waals surface area contributed by atoms with Crippen LogP contribution in [-0.4, -0.2) is 20.9 Å². The molecular weight excluding hydrogens is 368 g/mol. The van der Waals surface area contributed by atoms with Gasteiger partial charge in [-0.2, -0.15) is 0 Å². The van der Waals surface area contributed by atoms with Gasteiger partial charge in [0.25, 0.3) is 0 Å². The molecule has 2 aromatic carbocycles. The standard InChI is InChI=1S/C19H15ClN4OS/c1-11(12-2-4-13(20)5-3-12)19(25)22-14-6-7-15-16(8-14)24-18(23-15)17-9-26-10-21-17/h2-11H,1H3,(H,22,25)(H,23,24)/t11-/m1/s1. The van der Waals surface area contributed by atoms with E-state index in [1.807, 2.05) is 42.6 Å². The predicted molar refractivity (Wildman–Crippen MR) is 106 cm³/mol. The van der Waals surface area contributed by atoms with Crippen LogP contribution in [0.3, 0.4) is 0 Å². The minimum atomic E-state index is -0.285. The number of nitrogens with zero attached hydrogens (tertiary/aromatic N) is 2. The molecule has 4 aromatic rings. The first kappa shape index (κ1) is 16.8. The molecule has 0 aliphatic heterocycles. The van der Waals surface area contributed by atoms with E-state index in [9.17, 15) is 4.79 Å². The summed E-state index contributed by atoms with van der Waals surface area (Å²) in [5.41, 5.74) is 5.89. The van der Waals surface area contributed by atoms with Crippen LogP contribution in [0.2, 0.25) is 5.02 Å². The van der Waals surface area contributed by atoms with Gasteiger partial charge in [-0.25, -0.2) is 9.97 Å². The van der Waals surface area contributed by atoms with Gasteiger partial charge in [0.15, 0.2) is 5.82 Å². The second kappa shape index (κ2) is 6.90. The number of fused-ring (bicyclic) bond motifs is 1. The molecule has 1 atom stereocenters. The van der Waals surface area contributed by atoms with Crippen LogP contribution in [0.4, 0.5) is 5.69 Å². The van der Waals surface area contributed by atoms with E-state index in [4.69, 9.17) is 11.6 Å². The highest BCUT2D eigenvalue weighted by Gasteiger charge is 2.16. The third-order valence-electron chi connectivity index (χ3n) is 4.19. The maximum atomic E-state index is 12.5. The summed E-state index contributed by atoms with van der Waals surface area (Å²) in [7, 11) is 0. The second-order valence-electron chi connectivity index (χ2n) is 5.95. The maximum absolute atomic E-state index is 12.5. The summed E-state index contributed by atoms with van der Waals surface area (Å²) in [6, 6.07) is 12.9. The van der Waals surface area contributed by atoms with Crippen LogP contribution in [0, 0.1) is 0 Å². The van der Waals surface area contributed by atoms with Crippen molar-refractivity contribution in [1.82, 2.24) is 15.0 Å². The fourth-order valence-electron chi connectivity index (χ4n) is 2.69. The molecule has 0 saturated carbocycles. The highest BCUT2D eigenvalue weighted by Crippen LogP contribution is 2.24. The van der Waals surface area contributed by atoms with Gasteiger partial charge in [0.05, 0.1) is 22.5 Å². The highest BCUT2D eigenvalue weighted by atomic mass is 35.5. The van der Waals surface area contributed by atoms with Crippen molar-refractivity contribution in [3.05, 3.63) is 63.9 Å². The number of nitrogens with one attached hydrogen (secondary N) is 2. The molecule has 0 radical (unpaired) electrons. The van der Waals surface area contributed by atoms with E-state index in [0.717, 1.165) is 28.1 Å². The van der Waals surface area contributed by atoms with Crippen LogP contribution in [0.1, 0.15) is 18.4 Å². The molecule has 0 fully saturated rings. The number of hydrogen-bond donors (Lipinski definition) is 2. The number of amides is 1. The van der Waals surface area contributed by atoms with Gasteiger partial charge in [-0.15, -0.1) is 11.3 Å². The van der Waals surface area contributed by atoms with Crippen molar-refractivity contribution in [3.63, 3.8) is 0 Å². The third-order valence-corrected chi connectivity index (χ3v) is 5.03. The first-order valence-electron chi connectivity index (χ1n) is 8.05. The van der Waals surface area contributed by atoms with Crippen LogP contribution < -0.4 is 5.32 Å². The van der Waals surface area contributed by atoms with Gasteiger partial charge in [-0.05, 0) is 42.8 Å². The lowest BCUT2D eigenvalue weighted by molar-refractivity contribution is -0.117. The average Bonchev–Trinajstić information content (AvgIpc) is 3.30. The molecule has 26 heavy (non-hydrogen) atoms. The number of H-pyrrole nitrogens is 1. The maximum Gasteiger partial charge on any atom is 0.231 e. The van der Waals surface area contributed by atoms with Crippen molar-refractivity contribution in [1.29, 1.82) is 0 Å². The lowest BCUT2D eigenvalue weighted by Gasteiger charge is -2.12. The molecule has 5 nitrogen and oxygen atoms in total. The monoisotopic (exact) mass is 382 g/mol. The molecule has 0 unspecified atom stereocenters. The number of carbonyl (C=O) groups is 1. The molecule has 2 aromatic heterocycles. The van der Waals surface area contributed by atoms with E-state index in [1.165, 1.54) is 11.3 Å². The Kier molecular flexibility index (Phi) is 4.44. The summed E-state index contributed by atoms with van der Waals surface area (Å²) >= 11 is 7.43.